The largest absolute Gasteiger partial charge is 0.493 e. The van der Waals surface area contributed by atoms with E-state index in [0.717, 1.165) is 11.3 Å². The Labute approximate surface area is 136 Å². The predicted molar refractivity (Wildman–Crippen MR) is 87.0 cm³/mol. The van der Waals surface area contributed by atoms with Crippen LogP contribution in [0.15, 0.2) is 38.3 Å². The van der Waals surface area contributed by atoms with E-state index in [9.17, 15) is 8.42 Å². The summed E-state index contributed by atoms with van der Waals surface area (Å²) in [4.78, 5) is 0. The molecule has 0 unspecified atom stereocenters. The molecule has 0 amide bonds. The standard InChI is InChI=1S/C13H14BrNO4S2/c1-3-19-11-5-4-9(8-12(11)18-2)15-21(16,17)13-10(14)6-7-20-13/h4-8,15H,3H2,1-2H3. The lowest BCUT2D eigenvalue weighted by Gasteiger charge is -2.12. The molecule has 2 rings (SSSR count). The smallest absolute Gasteiger partial charge is 0.272 e. The average Bonchev–Trinajstić information content (AvgIpc) is 2.87. The van der Waals surface area contributed by atoms with Crippen molar-refractivity contribution in [2.75, 3.05) is 18.4 Å². The van der Waals surface area contributed by atoms with Crippen LogP contribution < -0.4 is 14.2 Å². The topological polar surface area (TPSA) is 64.6 Å². The van der Waals surface area contributed by atoms with Crippen LogP contribution in [0.2, 0.25) is 0 Å². The van der Waals surface area contributed by atoms with Crippen LogP contribution in [0.5, 0.6) is 11.5 Å². The van der Waals surface area contributed by atoms with Crippen molar-refractivity contribution in [3.63, 3.8) is 0 Å². The van der Waals surface area contributed by atoms with E-state index in [1.807, 2.05) is 6.92 Å². The highest BCUT2D eigenvalue weighted by Crippen LogP contribution is 2.33. The molecule has 0 bridgehead atoms. The lowest BCUT2D eigenvalue weighted by molar-refractivity contribution is 0.311. The maximum Gasteiger partial charge on any atom is 0.272 e. The monoisotopic (exact) mass is 391 g/mol. The lowest BCUT2D eigenvalue weighted by Crippen LogP contribution is -2.12. The molecule has 114 valence electrons. The zero-order chi connectivity index (χ0) is 15.5. The molecule has 0 atom stereocenters. The third-order valence-electron chi connectivity index (χ3n) is 2.54. The first-order valence-electron chi connectivity index (χ1n) is 6.04. The van der Waals surface area contributed by atoms with Crippen molar-refractivity contribution in [3.05, 3.63) is 34.1 Å². The first-order valence-corrected chi connectivity index (χ1v) is 9.20. The summed E-state index contributed by atoms with van der Waals surface area (Å²) in [6, 6.07) is 6.58. The quantitative estimate of drug-likeness (QED) is 0.814. The summed E-state index contributed by atoms with van der Waals surface area (Å²) >= 11 is 4.37. The Hall–Kier alpha value is -1.25. The average molecular weight is 392 g/mol. The molecular formula is C13H14BrNO4S2. The van der Waals surface area contributed by atoms with E-state index >= 15 is 0 Å². The molecule has 21 heavy (non-hydrogen) atoms. The number of thiophene rings is 1. The normalized spacial score (nSPS) is 11.2. The van der Waals surface area contributed by atoms with E-state index in [4.69, 9.17) is 9.47 Å². The van der Waals surface area contributed by atoms with Gasteiger partial charge in [-0.2, -0.15) is 0 Å². The van der Waals surface area contributed by atoms with Crippen molar-refractivity contribution in [1.82, 2.24) is 0 Å². The van der Waals surface area contributed by atoms with Gasteiger partial charge in [-0.3, -0.25) is 4.72 Å². The summed E-state index contributed by atoms with van der Waals surface area (Å²) in [5.41, 5.74) is 0.413. The van der Waals surface area contributed by atoms with Gasteiger partial charge in [-0.05, 0) is 46.4 Å². The molecule has 0 radical (unpaired) electrons. The summed E-state index contributed by atoms with van der Waals surface area (Å²) < 4.78 is 38.5. The van der Waals surface area contributed by atoms with Crippen molar-refractivity contribution in [1.29, 1.82) is 0 Å². The van der Waals surface area contributed by atoms with Gasteiger partial charge in [0, 0.05) is 10.5 Å². The van der Waals surface area contributed by atoms with E-state index < -0.39 is 10.0 Å². The Bertz CT molecular complexity index is 728. The van der Waals surface area contributed by atoms with E-state index in [0.29, 0.717) is 28.3 Å². The van der Waals surface area contributed by atoms with Gasteiger partial charge in [0.2, 0.25) is 0 Å². The molecule has 0 spiro atoms. The van der Waals surface area contributed by atoms with Gasteiger partial charge in [0.05, 0.1) is 19.4 Å². The minimum atomic E-state index is -3.63. The molecule has 1 N–H and O–H groups in total. The van der Waals surface area contributed by atoms with Crippen LogP contribution in [0.1, 0.15) is 6.92 Å². The molecule has 0 aliphatic carbocycles. The van der Waals surface area contributed by atoms with Gasteiger partial charge in [0.15, 0.2) is 15.7 Å². The van der Waals surface area contributed by atoms with Gasteiger partial charge in [-0.1, -0.05) is 0 Å². The Morgan fingerprint density at radius 2 is 2.05 bits per heavy atom. The summed E-state index contributed by atoms with van der Waals surface area (Å²) in [6.07, 6.45) is 0. The molecule has 0 aliphatic rings. The van der Waals surface area contributed by atoms with Crippen LogP contribution in [-0.2, 0) is 10.0 Å². The fraction of sp³-hybridized carbons (Fsp3) is 0.231. The van der Waals surface area contributed by atoms with Crippen LogP contribution in [0.4, 0.5) is 5.69 Å². The number of halogens is 1. The van der Waals surface area contributed by atoms with E-state index in [1.54, 1.807) is 29.6 Å². The van der Waals surface area contributed by atoms with Gasteiger partial charge >= 0.3 is 0 Å². The highest BCUT2D eigenvalue weighted by atomic mass is 79.9. The number of nitrogens with one attached hydrogen (secondary N) is 1. The Balaban J connectivity index is 2.30. The maximum absolute atomic E-state index is 12.3. The minimum Gasteiger partial charge on any atom is -0.493 e. The van der Waals surface area contributed by atoms with Crippen LogP contribution in [0.25, 0.3) is 0 Å². The van der Waals surface area contributed by atoms with Gasteiger partial charge in [-0.25, -0.2) is 8.42 Å². The summed E-state index contributed by atoms with van der Waals surface area (Å²) in [5.74, 6) is 1.04. The van der Waals surface area contributed by atoms with Crippen molar-refractivity contribution < 1.29 is 17.9 Å². The third-order valence-corrected chi connectivity index (χ3v) is 6.60. The van der Waals surface area contributed by atoms with Crippen LogP contribution in [0.3, 0.4) is 0 Å². The Morgan fingerprint density at radius 1 is 1.29 bits per heavy atom. The summed E-state index contributed by atoms with van der Waals surface area (Å²) in [5, 5.41) is 1.71. The molecule has 1 heterocycles. The zero-order valence-corrected chi connectivity index (χ0v) is 14.6. The summed E-state index contributed by atoms with van der Waals surface area (Å²) in [7, 11) is -2.12. The molecule has 2 aromatic rings. The van der Waals surface area contributed by atoms with Crippen LogP contribution >= 0.6 is 27.3 Å². The SMILES string of the molecule is CCOc1ccc(NS(=O)(=O)c2sccc2Br)cc1OC. The number of sulfonamides is 1. The molecule has 8 heteroatoms. The number of hydrogen-bond donors (Lipinski definition) is 1. The highest BCUT2D eigenvalue weighted by Gasteiger charge is 2.20. The lowest BCUT2D eigenvalue weighted by atomic mass is 10.3. The highest BCUT2D eigenvalue weighted by molar-refractivity contribution is 9.10. The molecular weight excluding hydrogens is 378 g/mol. The number of ether oxygens (including phenoxy) is 2. The predicted octanol–water partition coefficient (Wildman–Crippen LogP) is 3.72. The van der Waals surface area contributed by atoms with E-state index in [1.165, 1.54) is 7.11 Å². The number of benzene rings is 1. The maximum atomic E-state index is 12.3. The first kappa shape index (κ1) is 16.1. The van der Waals surface area contributed by atoms with Crippen molar-refractivity contribution in [2.45, 2.75) is 11.1 Å². The number of methoxy groups -OCH3 is 1. The fourth-order valence-corrected chi connectivity index (χ4v) is 5.07. The molecule has 0 saturated carbocycles. The van der Waals surface area contributed by atoms with Crippen molar-refractivity contribution in [3.8, 4) is 11.5 Å². The Kier molecular flexibility index (Phi) is 5.13. The van der Waals surface area contributed by atoms with Gasteiger partial charge in [-0.15, -0.1) is 11.3 Å². The number of anilines is 1. The van der Waals surface area contributed by atoms with Crippen molar-refractivity contribution in [2.24, 2.45) is 0 Å². The number of hydrogen-bond acceptors (Lipinski definition) is 5. The second-order valence-electron chi connectivity index (χ2n) is 3.96. The molecule has 1 aromatic heterocycles. The molecule has 0 aliphatic heterocycles. The summed E-state index contributed by atoms with van der Waals surface area (Å²) in [6.45, 7) is 2.37. The second-order valence-corrected chi connectivity index (χ2v) is 7.61. The van der Waals surface area contributed by atoms with E-state index in [2.05, 4.69) is 20.7 Å². The Morgan fingerprint density at radius 3 is 2.62 bits per heavy atom. The first-order chi connectivity index (χ1) is 9.97. The van der Waals surface area contributed by atoms with Crippen LogP contribution in [-0.4, -0.2) is 22.1 Å². The fourth-order valence-electron chi connectivity index (χ4n) is 1.68. The number of rotatable bonds is 6. The van der Waals surface area contributed by atoms with Gasteiger partial charge in [0.1, 0.15) is 0 Å². The molecule has 1 aromatic carbocycles. The van der Waals surface area contributed by atoms with Crippen LogP contribution in [0, 0.1) is 0 Å². The van der Waals surface area contributed by atoms with E-state index in [-0.39, 0.29) is 4.21 Å². The van der Waals surface area contributed by atoms with Crippen molar-refractivity contribution >= 4 is 43.0 Å². The minimum absolute atomic E-state index is 0.232. The van der Waals surface area contributed by atoms with Gasteiger partial charge < -0.3 is 9.47 Å². The molecule has 0 fully saturated rings. The molecule has 5 nitrogen and oxygen atoms in total. The zero-order valence-electron chi connectivity index (χ0n) is 11.4. The van der Waals surface area contributed by atoms with Gasteiger partial charge in [0.25, 0.3) is 10.0 Å². The third kappa shape index (κ3) is 3.69. The molecule has 0 saturated heterocycles. The second kappa shape index (κ2) is 6.67.